The molecule has 0 spiro atoms. The molecule has 1 atom stereocenters. The highest BCUT2D eigenvalue weighted by molar-refractivity contribution is 7.91. The van der Waals surface area contributed by atoms with Gasteiger partial charge < -0.3 is 9.42 Å². The van der Waals surface area contributed by atoms with Gasteiger partial charge in [0.25, 0.3) is 15.7 Å². The molecule has 0 saturated carbocycles. The van der Waals surface area contributed by atoms with Gasteiger partial charge in [0.2, 0.25) is 0 Å². The number of nitrogens with one attached hydrogen (secondary N) is 1. The molecule has 12 heteroatoms. The molecule has 0 bridgehead atoms. The topological polar surface area (TPSA) is 136 Å². The van der Waals surface area contributed by atoms with Gasteiger partial charge in [-0.3, -0.25) is 10.1 Å². The molecule has 2 rings (SSSR count). The predicted octanol–water partition coefficient (Wildman–Crippen LogP) is 2.46. The largest absolute Gasteiger partial charge is 0.424 e. The molecule has 0 aliphatic heterocycles. The maximum absolute atomic E-state index is 12.0. The van der Waals surface area contributed by atoms with Gasteiger partial charge in [-0.25, -0.2) is 13.0 Å². The summed E-state index contributed by atoms with van der Waals surface area (Å²) < 4.78 is 42.8. The van der Waals surface area contributed by atoms with Gasteiger partial charge in [0.1, 0.15) is 16.2 Å². The molecule has 1 unspecified atom stereocenters. The highest BCUT2D eigenvalue weighted by Gasteiger charge is 2.26. The molecule has 1 heterocycles. The molecule has 0 aliphatic rings. The van der Waals surface area contributed by atoms with Gasteiger partial charge in [0, 0.05) is 17.0 Å². The van der Waals surface area contributed by atoms with E-state index >= 15 is 0 Å². The summed E-state index contributed by atoms with van der Waals surface area (Å²) in [5.74, 6) is -0.0856. The summed E-state index contributed by atoms with van der Waals surface area (Å²) in [6.07, 6.45) is -0.830. The second-order valence-corrected chi connectivity index (χ2v) is 9.71. The van der Waals surface area contributed by atoms with E-state index in [9.17, 15) is 28.0 Å². The van der Waals surface area contributed by atoms with Crippen LogP contribution in [0.1, 0.15) is 4.88 Å². The van der Waals surface area contributed by atoms with Crippen LogP contribution in [0, 0.1) is 17.0 Å². The fourth-order valence-electron chi connectivity index (χ4n) is 1.62. The van der Waals surface area contributed by atoms with E-state index in [2.05, 4.69) is 0 Å². The first kappa shape index (κ1) is 18.6. The van der Waals surface area contributed by atoms with Crippen LogP contribution < -0.4 is 9.25 Å². The number of nitro benzene ring substituents is 1. The number of hydrogen-bond acceptors (Lipinski definition) is 7. The van der Waals surface area contributed by atoms with Crippen molar-refractivity contribution < 1.29 is 27.3 Å². The van der Waals surface area contributed by atoms with Crippen LogP contribution in [0.15, 0.2) is 40.6 Å². The quantitative estimate of drug-likeness (QED) is 0.420. The summed E-state index contributed by atoms with van der Waals surface area (Å²) in [4.78, 5) is 20.4. The first-order valence-corrected chi connectivity index (χ1v) is 10.5. The molecular weight excluding hydrogens is 379 g/mol. The lowest BCUT2D eigenvalue weighted by molar-refractivity contribution is -0.384. The van der Waals surface area contributed by atoms with Gasteiger partial charge in [-0.05, 0) is 31.2 Å². The molecule has 0 radical (unpaired) electrons. The Hall–Kier alpha value is -1.78. The Kier molecular flexibility index (Phi) is 5.41. The zero-order valence-electron chi connectivity index (χ0n) is 12.3. The summed E-state index contributed by atoms with van der Waals surface area (Å²) in [6.45, 7) is 1.73. The van der Waals surface area contributed by atoms with Crippen LogP contribution in [0.3, 0.4) is 0 Å². The van der Waals surface area contributed by atoms with Crippen molar-refractivity contribution in [3.05, 3.63) is 51.4 Å². The van der Waals surface area contributed by atoms with E-state index < -0.39 is 28.8 Å². The number of hydrogen-bond donors (Lipinski definition) is 2. The lowest BCUT2D eigenvalue weighted by Gasteiger charge is -2.13. The van der Waals surface area contributed by atoms with Crippen LogP contribution in [-0.4, -0.2) is 24.5 Å². The molecule has 0 amide bonds. The van der Waals surface area contributed by atoms with Crippen LogP contribution in [0.4, 0.5) is 5.69 Å². The van der Waals surface area contributed by atoms with Crippen LogP contribution in [0.25, 0.3) is 0 Å². The van der Waals surface area contributed by atoms with Crippen molar-refractivity contribution in [1.82, 2.24) is 4.72 Å². The van der Waals surface area contributed by atoms with E-state index in [-0.39, 0.29) is 15.6 Å². The van der Waals surface area contributed by atoms with Crippen molar-refractivity contribution >= 4 is 34.6 Å². The Labute approximate surface area is 141 Å². The van der Waals surface area contributed by atoms with Crippen molar-refractivity contribution in [2.24, 2.45) is 0 Å². The molecule has 130 valence electrons. The Morgan fingerprint density at radius 1 is 1.29 bits per heavy atom. The van der Waals surface area contributed by atoms with Crippen molar-refractivity contribution in [2.45, 2.75) is 11.1 Å². The first-order chi connectivity index (χ1) is 11.1. The Morgan fingerprint density at radius 2 is 1.92 bits per heavy atom. The fourth-order valence-corrected chi connectivity index (χ4v) is 5.46. The number of nitro groups is 1. The minimum absolute atomic E-state index is 0.0235. The van der Waals surface area contributed by atoms with Gasteiger partial charge in [0.15, 0.2) is 0 Å². The van der Waals surface area contributed by atoms with Crippen LogP contribution >= 0.6 is 18.9 Å². The smallest absolute Gasteiger partial charge is 0.391 e. The summed E-state index contributed by atoms with van der Waals surface area (Å²) in [5, 5.41) is 10.5. The zero-order valence-corrected chi connectivity index (χ0v) is 14.8. The standard InChI is InChI=1S/C12H13N2O7PS2/c1-9-2-7-12(23-9)24(19,20)13-8-22(17,18)21-11-5-3-10(4-6-11)14(15)16/h2-7,13H,8H2,1H3,(H,17,18). The Bertz CT molecular complexity index is 892. The van der Waals surface area contributed by atoms with Gasteiger partial charge in [-0.15, -0.1) is 11.3 Å². The van der Waals surface area contributed by atoms with E-state index in [1.54, 1.807) is 13.0 Å². The third-order valence-electron chi connectivity index (χ3n) is 2.73. The molecule has 1 aromatic heterocycles. The maximum atomic E-state index is 12.0. The number of rotatable bonds is 7. The number of nitrogens with zero attached hydrogens (tertiary/aromatic N) is 1. The van der Waals surface area contributed by atoms with Crippen molar-refractivity contribution in [3.8, 4) is 5.75 Å². The van der Waals surface area contributed by atoms with Crippen LogP contribution in [0.2, 0.25) is 0 Å². The van der Waals surface area contributed by atoms with Gasteiger partial charge >= 0.3 is 7.60 Å². The number of aryl methyl sites for hydroxylation is 1. The second kappa shape index (κ2) is 6.99. The SMILES string of the molecule is Cc1ccc(S(=O)(=O)NCP(=O)(O)Oc2ccc([N+](=O)[O-])cc2)s1. The molecule has 0 saturated heterocycles. The fraction of sp³-hybridized carbons (Fsp3) is 0.167. The molecule has 2 N–H and O–H groups in total. The van der Waals surface area contributed by atoms with E-state index in [4.69, 9.17) is 4.52 Å². The van der Waals surface area contributed by atoms with E-state index in [1.165, 1.54) is 6.07 Å². The molecule has 24 heavy (non-hydrogen) atoms. The third-order valence-corrected chi connectivity index (χ3v) is 6.89. The third kappa shape index (κ3) is 4.86. The molecular formula is C12H13N2O7PS2. The number of sulfonamides is 1. The molecule has 9 nitrogen and oxygen atoms in total. The normalized spacial score (nSPS) is 14.1. The summed E-state index contributed by atoms with van der Waals surface area (Å²) in [6, 6.07) is 7.52. The number of thiophene rings is 1. The van der Waals surface area contributed by atoms with Gasteiger partial charge in [0.05, 0.1) is 4.92 Å². The summed E-state index contributed by atoms with van der Waals surface area (Å²) in [7, 11) is -8.23. The van der Waals surface area contributed by atoms with Crippen molar-refractivity contribution in [3.63, 3.8) is 0 Å². The first-order valence-electron chi connectivity index (χ1n) is 6.41. The van der Waals surface area contributed by atoms with Gasteiger partial charge in [-0.2, -0.15) is 4.72 Å². The summed E-state index contributed by atoms with van der Waals surface area (Å²) >= 11 is 1.03. The molecule has 2 aromatic rings. The molecule has 0 aliphatic carbocycles. The van der Waals surface area contributed by atoms with Crippen molar-refractivity contribution in [1.29, 1.82) is 0 Å². The highest BCUT2D eigenvalue weighted by atomic mass is 32.2. The Balaban J connectivity index is 2.03. The Morgan fingerprint density at radius 3 is 2.42 bits per heavy atom. The van der Waals surface area contributed by atoms with E-state index in [0.717, 1.165) is 40.5 Å². The second-order valence-electron chi connectivity index (χ2n) is 4.65. The summed E-state index contributed by atoms with van der Waals surface area (Å²) in [5.41, 5.74) is -0.205. The number of non-ortho nitro benzene ring substituents is 1. The van der Waals surface area contributed by atoms with Gasteiger partial charge in [-0.1, -0.05) is 0 Å². The lowest BCUT2D eigenvalue weighted by Crippen LogP contribution is -2.25. The monoisotopic (exact) mass is 392 g/mol. The minimum atomic E-state index is -4.32. The minimum Gasteiger partial charge on any atom is -0.424 e. The average Bonchev–Trinajstić information content (AvgIpc) is 2.93. The van der Waals surface area contributed by atoms with Crippen LogP contribution in [-0.2, 0) is 14.6 Å². The zero-order chi connectivity index (χ0) is 18.0. The van der Waals surface area contributed by atoms with Crippen molar-refractivity contribution in [2.75, 3.05) is 6.29 Å². The van der Waals surface area contributed by atoms with E-state index in [0.29, 0.717) is 0 Å². The van der Waals surface area contributed by atoms with Crippen LogP contribution in [0.5, 0.6) is 5.75 Å². The molecule has 0 fully saturated rings. The van der Waals surface area contributed by atoms with E-state index in [1.807, 2.05) is 4.72 Å². The maximum Gasteiger partial charge on any atom is 0.391 e. The number of benzene rings is 1. The highest BCUT2D eigenvalue weighted by Crippen LogP contribution is 2.42. The average molecular weight is 392 g/mol. The molecule has 1 aromatic carbocycles. The predicted molar refractivity (Wildman–Crippen MR) is 87.8 cm³/mol. The lowest BCUT2D eigenvalue weighted by atomic mass is 10.3.